The zero-order valence-electron chi connectivity index (χ0n) is 8.91. The number of hydrogen-bond donors (Lipinski definition) is 1. The van der Waals surface area contributed by atoms with Crippen LogP contribution < -0.4 is 5.32 Å². The minimum Gasteiger partial charge on any atom is -0.461 e. The monoisotopic (exact) mass is 239 g/mol. The Balaban J connectivity index is 1.75. The van der Waals surface area contributed by atoms with E-state index in [0.29, 0.717) is 5.02 Å². The van der Waals surface area contributed by atoms with Crippen LogP contribution in [-0.4, -0.2) is 18.6 Å². The van der Waals surface area contributed by atoms with E-state index in [1.54, 1.807) is 12.1 Å². The van der Waals surface area contributed by atoms with Gasteiger partial charge in [-0.3, -0.25) is 4.79 Å². The molecule has 1 aromatic rings. The van der Waals surface area contributed by atoms with Crippen LogP contribution in [0.5, 0.6) is 0 Å². The van der Waals surface area contributed by atoms with Gasteiger partial charge in [0.15, 0.2) is 0 Å². The Kier molecular flexibility index (Phi) is 3.67. The van der Waals surface area contributed by atoms with E-state index >= 15 is 0 Å². The zero-order chi connectivity index (χ0) is 11.4. The predicted octanol–water partition coefficient (Wildman–Crippen LogP) is 2.85. The minimum absolute atomic E-state index is 0.147. The molecule has 86 valence electrons. The smallest absolute Gasteiger partial charge is 0.325 e. The van der Waals surface area contributed by atoms with E-state index in [-0.39, 0.29) is 18.6 Å². The first-order chi connectivity index (χ1) is 7.74. The molecule has 0 heterocycles. The molecule has 16 heavy (non-hydrogen) atoms. The first-order valence-corrected chi connectivity index (χ1v) is 5.81. The highest BCUT2D eigenvalue weighted by Crippen LogP contribution is 2.22. The fourth-order valence-electron chi connectivity index (χ4n) is 1.49. The van der Waals surface area contributed by atoms with Gasteiger partial charge in [0.2, 0.25) is 0 Å². The third-order valence-electron chi connectivity index (χ3n) is 2.61. The summed E-state index contributed by atoms with van der Waals surface area (Å²) in [5, 5.41) is 3.63. The summed E-state index contributed by atoms with van der Waals surface area (Å²) in [6, 6.07) is 7.27. The number of anilines is 1. The molecule has 0 saturated heterocycles. The van der Waals surface area contributed by atoms with Gasteiger partial charge in [-0.2, -0.15) is 0 Å². The van der Waals surface area contributed by atoms with Gasteiger partial charge in [-0.25, -0.2) is 0 Å². The SMILES string of the molecule is O=C(CNc1cccc(Cl)c1)OC1CCC1. The van der Waals surface area contributed by atoms with Crippen molar-refractivity contribution < 1.29 is 9.53 Å². The lowest BCUT2D eigenvalue weighted by Crippen LogP contribution is -2.28. The van der Waals surface area contributed by atoms with Gasteiger partial charge in [0.1, 0.15) is 12.6 Å². The van der Waals surface area contributed by atoms with E-state index in [2.05, 4.69) is 5.32 Å². The summed E-state index contributed by atoms with van der Waals surface area (Å²) < 4.78 is 5.20. The van der Waals surface area contributed by atoms with E-state index in [9.17, 15) is 4.79 Å². The van der Waals surface area contributed by atoms with E-state index < -0.39 is 0 Å². The summed E-state index contributed by atoms with van der Waals surface area (Å²) in [7, 11) is 0. The number of esters is 1. The maximum atomic E-state index is 11.4. The van der Waals surface area contributed by atoms with Crippen molar-refractivity contribution >= 4 is 23.3 Å². The largest absolute Gasteiger partial charge is 0.461 e. The maximum absolute atomic E-state index is 11.4. The predicted molar refractivity (Wildman–Crippen MR) is 63.7 cm³/mol. The Morgan fingerprint density at radius 3 is 2.94 bits per heavy atom. The van der Waals surface area contributed by atoms with Crippen molar-refractivity contribution in [3.05, 3.63) is 29.3 Å². The summed E-state index contributed by atoms with van der Waals surface area (Å²) in [4.78, 5) is 11.4. The lowest BCUT2D eigenvalue weighted by Gasteiger charge is -2.25. The van der Waals surface area contributed by atoms with Crippen molar-refractivity contribution in [2.24, 2.45) is 0 Å². The van der Waals surface area contributed by atoms with Gasteiger partial charge in [-0.1, -0.05) is 17.7 Å². The van der Waals surface area contributed by atoms with Crippen molar-refractivity contribution in [1.29, 1.82) is 0 Å². The topological polar surface area (TPSA) is 38.3 Å². The third kappa shape index (κ3) is 3.14. The van der Waals surface area contributed by atoms with E-state index in [4.69, 9.17) is 16.3 Å². The molecule has 0 aromatic heterocycles. The second kappa shape index (κ2) is 5.21. The van der Waals surface area contributed by atoms with Crippen LogP contribution in [0.1, 0.15) is 19.3 Å². The van der Waals surface area contributed by atoms with Crippen molar-refractivity contribution in [3.8, 4) is 0 Å². The van der Waals surface area contributed by atoms with Crippen LogP contribution in [-0.2, 0) is 9.53 Å². The number of hydrogen-bond acceptors (Lipinski definition) is 3. The minimum atomic E-state index is -0.204. The van der Waals surface area contributed by atoms with E-state index in [1.165, 1.54) is 6.42 Å². The molecule has 0 bridgehead atoms. The molecule has 2 rings (SSSR count). The summed E-state index contributed by atoms with van der Waals surface area (Å²) in [6.45, 7) is 0.191. The fraction of sp³-hybridized carbons (Fsp3) is 0.417. The van der Waals surface area contributed by atoms with Gasteiger partial charge in [0, 0.05) is 10.7 Å². The molecule has 1 fully saturated rings. The number of carbonyl (C=O) groups is 1. The molecule has 4 heteroatoms. The molecule has 0 aliphatic heterocycles. The highest BCUT2D eigenvalue weighted by Gasteiger charge is 2.21. The maximum Gasteiger partial charge on any atom is 0.325 e. The van der Waals surface area contributed by atoms with E-state index in [1.807, 2.05) is 12.1 Å². The normalized spacial score (nSPS) is 15.3. The molecule has 1 saturated carbocycles. The van der Waals surface area contributed by atoms with Crippen LogP contribution in [0.3, 0.4) is 0 Å². The molecule has 0 unspecified atom stereocenters. The second-order valence-corrected chi connectivity index (χ2v) is 4.34. The van der Waals surface area contributed by atoms with Crippen LogP contribution >= 0.6 is 11.6 Å². The van der Waals surface area contributed by atoms with Crippen molar-refractivity contribution in [2.45, 2.75) is 25.4 Å². The molecule has 0 spiro atoms. The number of carbonyl (C=O) groups excluding carboxylic acids is 1. The number of rotatable bonds is 4. The highest BCUT2D eigenvalue weighted by atomic mass is 35.5. The van der Waals surface area contributed by atoms with Gasteiger partial charge in [0.05, 0.1) is 0 Å². The van der Waals surface area contributed by atoms with Crippen molar-refractivity contribution in [2.75, 3.05) is 11.9 Å². The standard InChI is InChI=1S/C12H14ClNO2/c13-9-3-1-4-10(7-9)14-8-12(15)16-11-5-2-6-11/h1,3-4,7,11,14H,2,5-6,8H2. The third-order valence-corrected chi connectivity index (χ3v) is 2.85. The van der Waals surface area contributed by atoms with Crippen LogP contribution in [0.2, 0.25) is 5.02 Å². The van der Waals surface area contributed by atoms with Gasteiger partial charge in [-0.05, 0) is 37.5 Å². The molecular formula is C12H14ClNO2. The Morgan fingerprint density at radius 2 is 2.31 bits per heavy atom. The highest BCUT2D eigenvalue weighted by molar-refractivity contribution is 6.30. The summed E-state index contributed by atoms with van der Waals surface area (Å²) in [6.07, 6.45) is 3.32. The number of halogens is 1. The first kappa shape index (κ1) is 11.3. The Morgan fingerprint density at radius 1 is 1.50 bits per heavy atom. The molecule has 1 N–H and O–H groups in total. The lowest BCUT2D eigenvalue weighted by atomic mass is 9.96. The van der Waals surface area contributed by atoms with Crippen LogP contribution in [0.15, 0.2) is 24.3 Å². The summed E-state index contributed by atoms with van der Waals surface area (Å²) >= 11 is 5.82. The van der Waals surface area contributed by atoms with Crippen molar-refractivity contribution in [3.63, 3.8) is 0 Å². The summed E-state index contributed by atoms with van der Waals surface area (Å²) in [5.74, 6) is -0.204. The Labute approximate surface area is 99.7 Å². The number of benzene rings is 1. The molecular weight excluding hydrogens is 226 g/mol. The molecule has 0 amide bonds. The van der Waals surface area contributed by atoms with Crippen LogP contribution in [0, 0.1) is 0 Å². The van der Waals surface area contributed by atoms with E-state index in [0.717, 1.165) is 18.5 Å². The fourth-order valence-corrected chi connectivity index (χ4v) is 1.68. The molecule has 1 aliphatic rings. The molecule has 1 aromatic carbocycles. The quantitative estimate of drug-likeness (QED) is 0.822. The van der Waals surface area contributed by atoms with Gasteiger partial charge in [0.25, 0.3) is 0 Å². The molecule has 0 radical (unpaired) electrons. The lowest BCUT2D eigenvalue weighted by molar-refractivity contribution is -0.150. The Hall–Kier alpha value is -1.22. The molecule has 1 aliphatic carbocycles. The zero-order valence-corrected chi connectivity index (χ0v) is 9.67. The van der Waals surface area contributed by atoms with Gasteiger partial charge in [-0.15, -0.1) is 0 Å². The van der Waals surface area contributed by atoms with Crippen LogP contribution in [0.25, 0.3) is 0 Å². The second-order valence-electron chi connectivity index (χ2n) is 3.91. The first-order valence-electron chi connectivity index (χ1n) is 5.43. The average Bonchev–Trinajstić information content (AvgIpc) is 2.21. The van der Waals surface area contributed by atoms with Crippen LogP contribution in [0.4, 0.5) is 5.69 Å². The van der Waals surface area contributed by atoms with Gasteiger partial charge >= 0.3 is 5.97 Å². The number of nitrogens with one attached hydrogen (secondary N) is 1. The number of ether oxygens (including phenoxy) is 1. The summed E-state index contributed by atoms with van der Waals surface area (Å²) in [5.41, 5.74) is 0.832. The molecule has 0 atom stereocenters. The van der Waals surface area contributed by atoms with Crippen molar-refractivity contribution in [1.82, 2.24) is 0 Å². The molecule has 3 nitrogen and oxygen atoms in total. The Bertz CT molecular complexity index is 377. The average molecular weight is 240 g/mol. The van der Waals surface area contributed by atoms with Gasteiger partial charge < -0.3 is 10.1 Å².